The van der Waals surface area contributed by atoms with Crippen molar-refractivity contribution in [3.8, 4) is 28.2 Å². The zero-order valence-corrected chi connectivity index (χ0v) is 48.5. The van der Waals surface area contributed by atoms with Crippen molar-refractivity contribution in [1.82, 2.24) is 43.9 Å². The van der Waals surface area contributed by atoms with Crippen LogP contribution < -0.4 is 21.2 Å². The van der Waals surface area contributed by atoms with Crippen LogP contribution >= 0.6 is 0 Å². The number of piperazine rings is 2. The number of nitrogens with one attached hydrogen (secondary N) is 1. The van der Waals surface area contributed by atoms with Crippen molar-refractivity contribution in [1.29, 1.82) is 5.41 Å². The second-order valence-corrected chi connectivity index (χ2v) is 22.2. The van der Waals surface area contributed by atoms with Crippen molar-refractivity contribution in [2.75, 3.05) is 49.1 Å². The summed E-state index contributed by atoms with van der Waals surface area (Å²) in [5, 5.41) is 10.1. The number of benzene rings is 2. The standard InChI is InChI=1S/C64H60F4N12O6/c1-11-34(7)55(51(69)32(3)4)79-61-41(27-45(67)53(71-61)49-43(65)16-13-38-20-26-85-57(38)49)59(73-63(79)83)78-25-23-76(30-37(78)10)48(82)18-14-39-31-86-58-40(39)15-17-44(66)50(58)54-46(68)28-42-60(77-24-22-75(29-36(77)9)47(81)12-2)74-64(84)80(62(42)72-54)56-35(8)19-21-70-52(56)33(5)6/h11-21,26-28,31-33,36-37,69H,1-2,22-25,29-30H2,3-10H3/b18-14+,55-34+,69-51?/t36-,37-/m0/s1. The first-order valence-electron chi connectivity index (χ1n) is 28.0. The number of aryl methyl sites for hydroxylation is 1. The molecule has 2 aliphatic heterocycles. The fraction of sp³-hybridized carbons (Fsp3) is 0.281. The minimum absolute atomic E-state index is 0.0238. The van der Waals surface area contributed by atoms with Gasteiger partial charge in [-0.1, -0.05) is 46.9 Å². The molecule has 0 saturated carbocycles. The molecular weight excluding hydrogens is 1110 g/mol. The molecule has 22 heteroatoms. The summed E-state index contributed by atoms with van der Waals surface area (Å²) in [4.78, 5) is 85.7. The average molecular weight is 1170 g/mol. The van der Waals surface area contributed by atoms with Crippen molar-refractivity contribution in [3.63, 3.8) is 0 Å². The van der Waals surface area contributed by atoms with Crippen molar-refractivity contribution in [2.24, 2.45) is 5.92 Å². The quantitative estimate of drug-likeness (QED) is 0.0494. The number of pyridine rings is 3. The summed E-state index contributed by atoms with van der Waals surface area (Å²) in [5.74, 6) is -4.63. The first-order chi connectivity index (χ1) is 41.1. The van der Waals surface area contributed by atoms with Crippen LogP contribution in [0, 0.1) is 41.5 Å². The molecule has 2 aromatic carbocycles. The lowest BCUT2D eigenvalue weighted by Gasteiger charge is -2.40. The highest BCUT2D eigenvalue weighted by Crippen LogP contribution is 2.40. The minimum atomic E-state index is -0.945. The van der Waals surface area contributed by atoms with Gasteiger partial charge >= 0.3 is 11.4 Å². The summed E-state index contributed by atoms with van der Waals surface area (Å²) >= 11 is 0. The second kappa shape index (κ2) is 22.6. The normalized spacial score (nSPS) is 16.2. The highest BCUT2D eigenvalue weighted by Gasteiger charge is 2.34. The molecule has 11 rings (SSSR count). The van der Waals surface area contributed by atoms with Gasteiger partial charge in [0.15, 0.2) is 22.9 Å². The maximum atomic E-state index is 17.1. The smallest absolute Gasteiger partial charge is 0.355 e. The number of carbonyl (C=O) groups is 2. The maximum Gasteiger partial charge on any atom is 0.355 e. The van der Waals surface area contributed by atoms with Crippen LogP contribution in [0.4, 0.5) is 29.2 Å². The molecule has 0 aliphatic carbocycles. The molecule has 9 aromatic rings. The fourth-order valence-corrected chi connectivity index (χ4v) is 11.6. The largest absolute Gasteiger partial charge is 0.464 e. The van der Waals surface area contributed by atoms with Crippen molar-refractivity contribution in [2.45, 2.75) is 73.4 Å². The van der Waals surface area contributed by atoms with E-state index in [1.54, 1.807) is 60.7 Å². The predicted octanol–water partition coefficient (Wildman–Crippen LogP) is 11.2. The molecular formula is C64H60F4N12O6. The lowest BCUT2D eigenvalue weighted by atomic mass is 10.0. The Morgan fingerprint density at radius 2 is 1.30 bits per heavy atom. The van der Waals surface area contributed by atoms with E-state index in [0.29, 0.717) is 38.9 Å². The number of carbonyl (C=O) groups excluding carboxylic acids is 2. The predicted molar refractivity (Wildman–Crippen MR) is 323 cm³/mol. The number of hydrogen-bond donors (Lipinski definition) is 1. The Balaban J connectivity index is 0.933. The Hall–Kier alpha value is -9.86. The molecule has 2 saturated heterocycles. The summed E-state index contributed by atoms with van der Waals surface area (Å²) < 4.78 is 80.1. The molecule has 1 N–H and O–H groups in total. The molecule has 2 amide bonds. The van der Waals surface area contributed by atoms with E-state index in [9.17, 15) is 19.2 Å². The molecule has 86 heavy (non-hydrogen) atoms. The second-order valence-electron chi connectivity index (χ2n) is 22.2. The molecule has 0 bridgehead atoms. The highest BCUT2D eigenvalue weighted by molar-refractivity contribution is 6.20. The van der Waals surface area contributed by atoms with Crippen LogP contribution in [0.2, 0.25) is 0 Å². The Morgan fingerprint density at radius 3 is 1.91 bits per heavy atom. The lowest BCUT2D eigenvalue weighted by molar-refractivity contribution is -0.127. The van der Waals surface area contributed by atoms with Gasteiger partial charge in [0.1, 0.15) is 45.8 Å². The number of amides is 2. The third kappa shape index (κ3) is 9.90. The van der Waals surface area contributed by atoms with E-state index in [1.807, 2.05) is 32.6 Å². The average Bonchev–Trinajstić information content (AvgIpc) is 1.00. The van der Waals surface area contributed by atoms with Crippen molar-refractivity contribution >= 4 is 84.9 Å². The maximum absolute atomic E-state index is 17.1. The Bertz CT molecular complexity index is 4540. The molecule has 0 radical (unpaired) electrons. The molecule has 7 aromatic heterocycles. The Labute approximate surface area is 490 Å². The third-order valence-electron chi connectivity index (χ3n) is 16.0. The van der Waals surface area contributed by atoms with Crippen LogP contribution in [-0.4, -0.2) is 113 Å². The van der Waals surface area contributed by atoms with E-state index < -0.39 is 58.0 Å². The molecule has 9 heterocycles. The van der Waals surface area contributed by atoms with Crippen LogP contribution in [0.15, 0.2) is 123 Å². The Morgan fingerprint density at radius 1 is 0.709 bits per heavy atom. The van der Waals surface area contributed by atoms with Gasteiger partial charge in [0.2, 0.25) is 11.8 Å². The first kappa shape index (κ1) is 57.9. The monoisotopic (exact) mass is 1170 g/mol. The summed E-state index contributed by atoms with van der Waals surface area (Å²) in [5.41, 5.74) is -0.672. The van der Waals surface area contributed by atoms with Crippen LogP contribution in [0.1, 0.15) is 71.2 Å². The van der Waals surface area contributed by atoms with Crippen LogP contribution in [0.5, 0.6) is 0 Å². The number of halogens is 4. The van der Waals surface area contributed by atoms with Gasteiger partial charge in [-0.15, -0.1) is 0 Å². The number of allylic oxidation sites excluding steroid dienone is 3. The number of furan rings is 2. The number of anilines is 2. The summed E-state index contributed by atoms with van der Waals surface area (Å²) in [6.45, 7) is 23.1. The number of fused-ring (bicyclic) bond motifs is 4. The third-order valence-corrected chi connectivity index (χ3v) is 16.0. The van der Waals surface area contributed by atoms with Crippen molar-refractivity contribution in [3.05, 3.63) is 165 Å². The van der Waals surface area contributed by atoms with Gasteiger partial charge in [0.05, 0.1) is 57.2 Å². The van der Waals surface area contributed by atoms with Crippen LogP contribution in [0.25, 0.3) is 84.0 Å². The van der Waals surface area contributed by atoms with Crippen LogP contribution in [0.3, 0.4) is 0 Å². The van der Waals surface area contributed by atoms with Gasteiger partial charge in [-0.3, -0.25) is 14.6 Å². The van der Waals surface area contributed by atoms with Crippen molar-refractivity contribution < 1.29 is 36.0 Å². The number of hydrogen-bond acceptors (Lipinski definition) is 14. The molecule has 2 aliphatic rings. The van der Waals surface area contributed by atoms with E-state index in [1.165, 1.54) is 65.7 Å². The summed E-state index contributed by atoms with van der Waals surface area (Å²) in [6.07, 6.45) is 9.81. The molecule has 18 nitrogen and oxygen atoms in total. The van der Waals surface area contributed by atoms with Gasteiger partial charge in [0, 0.05) is 80.0 Å². The van der Waals surface area contributed by atoms with E-state index in [-0.39, 0.29) is 130 Å². The van der Waals surface area contributed by atoms with Crippen LogP contribution in [-0.2, 0) is 9.59 Å². The summed E-state index contributed by atoms with van der Waals surface area (Å²) in [6, 6.07) is 9.99. The molecule has 0 spiro atoms. The Kier molecular flexibility index (Phi) is 15.2. The number of nitrogens with zero attached hydrogens (tertiary/aromatic N) is 11. The minimum Gasteiger partial charge on any atom is -0.464 e. The summed E-state index contributed by atoms with van der Waals surface area (Å²) in [7, 11) is 0. The number of rotatable bonds is 13. The number of aromatic nitrogens is 7. The van der Waals surface area contributed by atoms with Gasteiger partial charge in [-0.25, -0.2) is 46.3 Å². The molecule has 2 fully saturated rings. The zero-order chi connectivity index (χ0) is 61.3. The van der Waals surface area contributed by atoms with E-state index in [4.69, 9.17) is 19.2 Å². The van der Waals surface area contributed by atoms with E-state index in [2.05, 4.69) is 33.1 Å². The lowest BCUT2D eigenvalue weighted by Crippen LogP contribution is -2.54. The highest BCUT2D eigenvalue weighted by atomic mass is 19.1. The van der Waals surface area contributed by atoms with E-state index in [0.717, 1.165) is 16.7 Å². The molecule has 440 valence electrons. The SMILES string of the molecule is C=CC(=O)N1CCN(c2nc(=O)n(-c3c(C)ccnc3C(C)C)c3nc(-c4c(F)ccc5c(/C=C/C(=O)N6CCN(c7nc(=O)n(/C(C(=N)C(C)C)=C(\C)C=C)c8nc(-c9c(F)ccc%10ccoc9%10)c(F)cc78)[C@@H](C)C6)coc45)c(F)cc23)[C@@H](C)C1. The first-order valence-corrected chi connectivity index (χ1v) is 28.0. The van der Waals surface area contributed by atoms with Gasteiger partial charge in [0.25, 0.3) is 0 Å². The van der Waals surface area contributed by atoms with Gasteiger partial charge in [-0.2, -0.15) is 9.97 Å². The topological polar surface area (TPSA) is 206 Å². The molecule has 2 atom stereocenters. The zero-order valence-electron chi connectivity index (χ0n) is 48.5. The molecule has 0 unspecified atom stereocenters. The van der Waals surface area contributed by atoms with Gasteiger partial charge in [-0.05, 0) is 111 Å². The fourth-order valence-electron chi connectivity index (χ4n) is 11.6. The van der Waals surface area contributed by atoms with Gasteiger partial charge < -0.3 is 33.8 Å². The van der Waals surface area contributed by atoms with E-state index >= 15 is 17.6 Å².